The second-order valence-corrected chi connectivity index (χ2v) is 8.63. The molecule has 0 saturated carbocycles. The average molecular weight is 428 g/mol. The van der Waals surface area contributed by atoms with Gasteiger partial charge in [-0.15, -0.1) is 0 Å². The highest BCUT2D eigenvalue weighted by Crippen LogP contribution is 2.44. The normalized spacial score (nSPS) is 16.2. The summed E-state index contributed by atoms with van der Waals surface area (Å²) < 4.78 is 5.25. The Hall–Kier alpha value is -3.53. The van der Waals surface area contributed by atoms with Gasteiger partial charge in [0.05, 0.1) is 13.2 Å². The van der Waals surface area contributed by atoms with Gasteiger partial charge in [-0.25, -0.2) is 0 Å². The summed E-state index contributed by atoms with van der Waals surface area (Å²) in [4.78, 5) is 15.0. The molecular formula is C28H29NO3. The first-order valence-electron chi connectivity index (χ1n) is 10.9. The van der Waals surface area contributed by atoms with Crippen molar-refractivity contribution in [1.82, 2.24) is 4.90 Å². The topological polar surface area (TPSA) is 49.8 Å². The van der Waals surface area contributed by atoms with Gasteiger partial charge in [0.1, 0.15) is 5.75 Å². The highest BCUT2D eigenvalue weighted by molar-refractivity contribution is 6.05. The lowest BCUT2D eigenvalue weighted by molar-refractivity contribution is -0.130. The Balaban J connectivity index is 1.77. The molecule has 1 amide bonds. The maximum atomic E-state index is 13.2. The van der Waals surface area contributed by atoms with Gasteiger partial charge in [-0.05, 0) is 47.2 Å². The van der Waals surface area contributed by atoms with E-state index < -0.39 is 0 Å². The van der Waals surface area contributed by atoms with Crippen LogP contribution in [-0.4, -0.2) is 23.0 Å². The zero-order valence-corrected chi connectivity index (χ0v) is 19.0. The molecule has 1 aliphatic heterocycles. The van der Waals surface area contributed by atoms with E-state index in [0.717, 1.165) is 28.0 Å². The smallest absolute Gasteiger partial charge is 0.290 e. The van der Waals surface area contributed by atoms with Crippen molar-refractivity contribution >= 4 is 11.5 Å². The van der Waals surface area contributed by atoms with Gasteiger partial charge in [0.25, 0.3) is 5.91 Å². The lowest BCUT2D eigenvalue weighted by atomic mass is 9.91. The van der Waals surface area contributed by atoms with Gasteiger partial charge < -0.3 is 14.7 Å². The van der Waals surface area contributed by atoms with E-state index in [0.29, 0.717) is 18.0 Å². The summed E-state index contributed by atoms with van der Waals surface area (Å²) in [6.07, 6.45) is 0. The summed E-state index contributed by atoms with van der Waals surface area (Å²) in [6.45, 7) is 6.73. The number of hydrogen-bond donors (Lipinski definition) is 1. The Morgan fingerprint density at radius 3 is 2.12 bits per heavy atom. The number of aryl methyl sites for hydroxylation is 1. The molecule has 1 atom stereocenters. The summed E-state index contributed by atoms with van der Waals surface area (Å²) in [7, 11) is 1.63. The molecule has 0 aliphatic carbocycles. The highest BCUT2D eigenvalue weighted by atomic mass is 16.5. The molecular weight excluding hydrogens is 398 g/mol. The van der Waals surface area contributed by atoms with E-state index in [1.165, 1.54) is 5.56 Å². The van der Waals surface area contributed by atoms with Crippen molar-refractivity contribution in [1.29, 1.82) is 0 Å². The lowest BCUT2D eigenvalue weighted by Gasteiger charge is -2.28. The Morgan fingerprint density at radius 2 is 1.56 bits per heavy atom. The highest BCUT2D eigenvalue weighted by Gasteiger charge is 2.41. The molecule has 164 valence electrons. The molecule has 0 saturated heterocycles. The van der Waals surface area contributed by atoms with E-state index in [2.05, 4.69) is 38.1 Å². The molecule has 32 heavy (non-hydrogen) atoms. The molecule has 4 heteroatoms. The molecule has 0 aromatic heterocycles. The first-order valence-corrected chi connectivity index (χ1v) is 10.9. The molecule has 0 fully saturated rings. The van der Waals surface area contributed by atoms with Crippen molar-refractivity contribution in [2.75, 3.05) is 7.11 Å². The average Bonchev–Trinajstić information content (AvgIpc) is 3.05. The van der Waals surface area contributed by atoms with Gasteiger partial charge in [0.15, 0.2) is 5.76 Å². The number of methoxy groups -OCH3 is 1. The number of carbonyl (C=O) groups excluding carboxylic acids is 1. The SMILES string of the molecule is COc1ccc(CN2C(=O)C(O)=C(c3ccc(C)cc3)C2c2ccc(C(C)C)cc2)cc1. The van der Waals surface area contributed by atoms with E-state index in [1.54, 1.807) is 12.0 Å². The number of ether oxygens (including phenoxy) is 1. The number of benzene rings is 3. The maximum Gasteiger partial charge on any atom is 0.290 e. The fourth-order valence-electron chi connectivity index (χ4n) is 4.18. The van der Waals surface area contributed by atoms with Crippen LogP contribution in [0.3, 0.4) is 0 Å². The third kappa shape index (κ3) is 4.13. The zero-order valence-electron chi connectivity index (χ0n) is 19.0. The number of hydrogen-bond acceptors (Lipinski definition) is 3. The van der Waals surface area contributed by atoms with E-state index in [4.69, 9.17) is 4.74 Å². The Morgan fingerprint density at radius 1 is 0.938 bits per heavy atom. The van der Waals surface area contributed by atoms with Crippen LogP contribution in [0.4, 0.5) is 0 Å². The summed E-state index contributed by atoms with van der Waals surface area (Å²) >= 11 is 0. The molecule has 1 heterocycles. The van der Waals surface area contributed by atoms with Gasteiger partial charge >= 0.3 is 0 Å². The van der Waals surface area contributed by atoms with Gasteiger partial charge in [-0.3, -0.25) is 4.79 Å². The number of amides is 1. The molecule has 3 aromatic rings. The van der Waals surface area contributed by atoms with Crippen LogP contribution >= 0.6 is 0 Å². The van der Waals surface area contributed by atoms with Crippen LogP contribution in [0.5, 0.6) is 5.75 Å². The fourth-order valence-corrected chi connectivity index (χ4v) is 4.18. The van der Waals surface area contributed by atoms with Crippen LogP contribution in [0.1, 0.15) is 53.6 Å². The van der Waals surface area contributed by atoms with Crippen molar-refractivity contribution in [3.63, 3.8) is 0 Å². The second-order valence-electron chi connectivity index (χ2n) is 8.63. The first-order chi connectivity index (χ1) is 15.4. The number of nitrogens with zero attached hydrogens (tertiary/aromatic N) is 1. The van der Waals surface area contributed by atoms with E-state index >= 15 is 0 Å². The minimum Gasteiger partial charge on any atom is -0.503 e. The minimum atomic E-state index is -0.367. The van der Waals surface area contributed by atoms with Crippen molar-refractivity contribution in [3.8, 4) is 5.75 Å². The third-order valence-electron chi connectivity index (χ3n) is 6.10. The maximum absolute atomic E-state index is 13.2. The molecule has 3 aromatic carbocycles. The van der Waals surface area contributed by atoms with Crippen molar-refractivity contribution in [2.24, 2.45) is 0 Å². The van der Waals surface area contributed by atoms with Crippen molar-refractivity contribution in [2.45, 2.75) is 39.3 Å². The summed E-state index contributed by atoms with van der Waals surface area (Å²) in [6, 6.07) is 23.6. The third-order valence-corrected chi connectivity index (χ3v) is 6.10. The van der Waals surface area contributed by atoms with Crippen LogP contribution < -0.4 is 4.74 Å². The molecule has 0 bridgehead atoms. The van der Waals surface area contributed by atoms with Crippen LogP contribution in [-0.2, 0) is 11.3 Å². The molecule has 1 unspecified atom stereocenters. The minimum absolute atomic E-state index is 0.180. The summed E-state index contributed by atoms with van der Waals surface area (Å²) in [5, 5.41) is 11.0. The van der Waals surface area contributed by atoms with Gasteiger partial charge in [0.2, 0.25) is 0 Å². The zero-order chi connectivity index (χ0) is 22.8. The molecule has 0 spiro atoms. The van der Waals surface area contributed by atoms with Gasteiger partial charge in [-0.1, -0.05) is 80.1 Å². The quantitative estimate of drug-likeness (QED) is 0.511. The molecule has 0 radical (unpaired) electrons. The molecule has 1 N–H and O–H groups in total. The van der Waals surface area contributed by atoms with Crippen molar-refractivity contribution < 1.29 is 14.6 Å². The number of carbonyl (C=O) groups is 1. The van der Waals surface area contributed by atoms with Gasteiger partial charge in [0, 0.05) is 12.1 Å². The van der Waals surface area contributed by atoms with Crippen LogP contribution in [0, 0.1) is 6.92 Å². The van der Waals surface area contributed by atoms with Crippen molar-refractivity contribution in [3.05, 3.63) is 106 Å². The van der Waals surface area contributed by atoms with Crippen LogP contribution in [0.2, 0.25) is 0 Å². The van der Waals surface area contributed by atoms with E-state index in [-0.39, 0.29) is 17.7 Å². The molecule has 1 aliphatic rings. The standard InChI is InChI=1S/C28H29NO3/c1-18(2)21-11-13-23(14-12-21)26-25(22-9-5-19(3)6-10-22)27(30)28(31)29(26)17-20-7-15-24(32-4)16-8-20/h5-16,18,26,30H,17H2,1-4H3. The monoisotopic (exact) mass is 427 g/mol. The number of rotatable bonds is 6. The summed E-state index contributed by atoms with van der Waals surface area (Å²) in [5.74, 6) is 0.656. The van der Waals surface area contributed by atoms with Crippen LogP contribution in [0.15, 0.2) is 78.6 Å². The van der Waals surface area contributed by atoms with Gasteiger partial charge in [-0.2, -0.15) is 0 Å². The number of aliphatic hydroxyl groups is 1. The van der Waals surface area contributed by atoms with Crippen LogP contribution in [0.25, 0.3) is 5.57 Å². The largest absolute Gasteiger partial charge is 0.503 e. The Bertz CT molecular complexity index is 1130. The predicted octanol–water partition coefficient (Wildman–Crippen LogP) is 6.18. The number of aliphatic hydroxyl groups excluding tert-OH is 1. The van der Waals surface area contributed by atoms with E-state index in [1.807, 2.05) is 55.5 Å². The molecule has 4 rings (SSSR count). The molecule has 4 nitrogen and oxygen atoms in total. The Labute approximate surface area is 189 Å². The fraction of sp³-hybridized carbons (Fsp3) is 0.250. The first kappa shape index (κ1) is 21.7. The Kier molecular flexibility index (Phi) is 6.04. The predicted molar refractivity (Wildman–Crippen MR) is 128 cm³/mol. The lowest BCUT2D eigenvalue weighted by Crippen LogP contribution is -2.29. The summed E-state index contributed by atoms with van der Waals surface area (Å²) in [5.41, 5.74) is 5.84. The second kappa shape index (κ2) is 8.91. The van der Waals surface area contributed by atoms with E-state index in [9.17, 15) is 9.90 Å².